The Balaban J connectivity index is 1.65. The average molecular weight is 627 g/mol. The number of nitro groups is 1. The Hall–Kier alpha value is -5.69. The Morgan fingerprint density at radius 2 is 1.40 bits per heavy atom. The van der Waals surface area contributed by atoms with Gasteiger partial charge < -0.3 is 19.5 Å². The van der Waals surface area contributed by atoms with Gasteiger partial charge in [0, 0.05) is 46.5 Å². The minimum atomic E-state index is -3.71. The minimum absolute atomic E-state index is 0.0677. The molecule has 0 radical (unpaired) electrons. The molecule has 228 valence electrons. The van der Waals surface area contributed by atoms with Gasteiger partial charge in [0.25, 0.3) is 5.69 Å². The summed E-state index contributed by atoms with van der Waals surface area (Å²) in [6.45, 7) is 0. The van der Waals surface area contributed by atoms with Crippen molar-refractivity contribution in [3.05, 3.63) is 94.0 Å². The van der Waals surface area contributed by atoms with Crippen molar-refractivity contribution in [2.75, 3.05) is 37.6 Å². The molecule has 0 saturated carbocycles. The summed E-state index contributed by atoms with van der Waals surface area (Å²) in [5.74, 6) is 0.766. The van der Waals surface area contributed by atoms with Crippen molar-refractivity contribution in [3.8, 4) is 39.6 Å². The minimum Gasteiger partial charge on any atom is -0.494 e. The lowest BCUT2D eigenvalue weighted by Gasteiger charge is -2.25. The predicted octanol–water partition coefficient (Wildman–Crippen LogP) is 6.16. The second-order valence-corrected chi connectivity index (χ2v) is 12.0. The molecule has 0 saturated heterocycles. The fourth-order valence-corrected chi connectivity index (χ4v) is 6.04. The van der Waals surface area contributed by atoms with Crippen LogP contribution in [0.5, 0.6) is 17.2 Å². The van der Waals surface area contributed by atoms with E-state index in [4.69, 9.17) is 19.2 Å². The van der Waals surface area contributed by atoms with Crippen LogP contribution in [0.2, 0.25) is 0 Å². The number of nitrogens with one attached hydrogen (secondary N) is 2. The Labute approximate surface area is 257 Å². The van der Waals surface area contributed by atoms with Gasteiger partial charge in [-0.3, -0.25) is 19.6 Å². The summed E-state index contributed by atoms with van der Waals surface area (Å²) in [4.78, 5) is 29.7. The highest BCUT2D eigenvalue weighted by Crippen LogP contribution is 2.48. The van der Waals surface area contributed by atoms with E-state index in [2.05, 4.69) is 10.0 Å². The molecule has 4 aromatic carbocycles. The number of aromatic nitrogens is 1. The van der Waals surface area contributed by atoms with Crippen LogP contribution >= 0.6 is 0 Å². The van der Waals surface area contributed by atoms with Crippen LogP contribution in [0, 0.1) is 10.1 Å². The highest BCUT2D eigenvalue weighted by molar-refractivity contribution is 7.92. The lowest BCUT2D eigenvalue weighted by molar-refractivity contribution is -0.384. The Bertz CT molecular complexity index is 2150. The average Bonchev–Trinajstić information content (AvgIpc) is 3.02. The second-order valence-electron chi connectivity index (χ2n) is 10.2. The van der Waals surface area contributed by atoms with Gasteiger partial charge in [-0.25, -0.2) is 13.4 Å². The normalized spacial score (nSPS) is 12.0. The quantitative estimate of drug-likeness (QED) is 0.141. The van der Waals surface area contributed by atoms with Gasteiger partial charge in [0.05, 0.1) is 55.1 Å². The molecule has 1 aliphatic carbocycles. The number of sulfonamides is 1. The number of anilines is 3. The highest BCUT2D eigenvalue weighted by Gasteiger charge is 2.31. The molecule has 1 aromatic heterocycles. The van der Waals surface area contributed by atoms with Crippen LogP contribution in [0.25, 0.3) is 33.3 Å². The molecule has 45 heavy (non-hydrogen) atoms. The monoisotopic (exact) mass is 626 g/mol. The van der Waals surface area contributed by atoms with Crippen molar-refractivity contribution in [1.82, 2.24) is 4.98 Å². The van der Waals surface area contributed by atoms with E-state index in [-0.39, 0.29) is 17.2 Å². The number of ketones is 1. The third kappa shape index (κ3) is 5.23. The van der Waals surface area contributed by atoms with Crippen molar-refractivity contribution < 1.29 is 32.3 Å². The smallest absolute Gasteiger partial charge is 0.269 e. The first-order valence-corrected chi connectivity index (χ1v) is 15.4. The number of benzene rings is 4. The number of hydrogen-bond donors (Lipinski definition) is 2. The maximum atomic E-state index is 14.1. The van der Waals surface area contributed by atoms with E-state index in [1.807, 2.05) is 12.1 Å². The Morgan fingerprint density at radius 1 is 0.778 bits per heavy atom. The standard InChI is InChI=1S/C32H26N4O8S/c1-42-26-14-22(24(15-27(26)43-2)35-45(4,40)41)23-13-21-19-7-5-6-8-20(19)32(37)30-25(16-28(44-3)31(34-23)29(21)30)33-17-9-11-18(12-10-17)36(38)39/h5-16,33,35H,1-4H3. The van der Waals surface area contributed by atoms with Crippen molar-refractivity contribution >= 4 is 49.5 Å². The molecule has 1 heterocycles. The van der Waals surface area contributed by atoms with Crippen LogP contribution in [0.15, 0.2) is 72.8 Å². The largest absolute Gasteiger partial charge is 0.494 e. The molecule has 2 N–H and O–H groups in total. The number of carbonyl (C=O) groups is 1. The Morgan fingerprint density at radius 3 is 2.02 bits per heavy atom. The highest BCUT2D eigenvalue weighted by atomic mass is 32.2. The number of nitro benzene ring substituents is 1. The van der Waals surface area contributed by atoms with E-state index >= 15 is 0 Å². The number of ether oxygens (including phenoxy) is 3. The maximum Gasteiger partial charge on any atom is 0.269 e. The molecular weight excluding hydrogens is 600 g/mol. The number of non-ortho nitro benzene ring substituents is 1. The van der Waals surface area contributed by atoms with E-state index in [1.165, 1.54) is 39.5 Å². The van der Waals surface area contributed by atoms with Gasteiger partial charge in [-0.15, -0.1) is 0 Å². The van der Waals surface area contributed by atoms with E-state index in [0.29, 0.717) is 73.0 Å². The predicted molar refractivity (Wildman–Crippen MR) is 171 cm³/mol. The summed E-state index contributed by atoms with van der Waals surface area (Å²) >= 11 is 0. The van der Waals surface area contributed by atoms with E-state index in [9.17, 15) is 23.3 Å². The zero-order chi connectivity index (χ0) is 32.0. The second kappa shape index (κ2) is 11.1. The molecular formula is C32H26N4O8S. The van der Waals surface area contributed by atoms with Crippen molar-refractivity contribution in [3.63, 3.8) is 0 Å². The zero-order valence-corrected chi connectivity index (χ0v) is 25.3. The van der Waals surface area contributed by atoms with Crippen LogP contribution in [0.3, 0.4) is 0 Å². The molecule has 1 aliphatic rings. The summed E-state index contributed by atoms with van der Waals surface area (Å²) in [5, 5.41) is 14.9. The van der Waals surface area contributed by atoms with E-state index in [1.54, 1.807) is 42.5 Å². The molecule has 0 aliphatic heterocycles. The fraction of sp³-hybridized carbons (Fsp3) is 0.125. The summed E-state index contributed by atoms with van der Waals surface area (Å²) < 4.78 is 44.0. The third-order valence-electron chi connectivity index (χ3n) is 7.41. The number of rotatable bonds is 9. The summed E-state index contributed by atoms with van der Waals surface area (Å²) in [7, 11) is 0.691. The summed E-state index contributed by atoms with van der Waals surface area (Å²) in [6.07, 6.45) is 1.04. The zero-order valence-electron chi connectivity index (χ0n) is 24.5. The topological polar surface area (TPSA) is 159 Å². The molecule has 0 atom stereocenters. The molecule has 0 fully saturated rings. The van der Waals surface area contributed by atoms with Gasteiger partial charge in [-0.05, 0) is 35.4 Å². The lowest BCUT2D eigenvalue weighted by Crippen LogP contribution is -2.14. The number of nitrogens with zero attached hydrogens (tertiary/aromatic N) is 2. The first kappa shape index (κ1) is 29.4. The molecule has 12 nitrogen and oxygen atoms in total. The third-order valence-corrected chi connectivity index (χ3v) is 8.00. The molecule has 0 spiro atoms. The maximum absolute atomic E-state index is 14.1. The van der Waals surface area contributed by atoms with Gasteiger partial charge >= 0.3 is 0 Å². The molecule has 0 unspecified atom stereocenters. The van der Waals surface area contributed by atoms with Crippen molar-refractivity contribution in [2.45, 2.75) is 0 Å². The number of hydrogen-bond acceptors (Lipinski definition) is 10. The molecule has 5 aromatic rings. The van der Waals surface area contributed by atoms with Crippen LogP contribution in [0.1, 0.15) is 15.9 Å². The van der Waals surface area contributed by atoms with Gasteiger partial charge in [-0.1, -0.05) is 24.3 Å². The van der Waals surface area contributed by atoms with Crippen molar-refractivity contribution in [2.24, 2.45) is 0 Å². The number of fused-ring (bicyclic) bond motifs is 2. The molecule has 0 bridgehead atoms. The number of pyridine rings is 1. The number of methoxy groups -OCH3 is 3. The first-order chi connectivity index (χ1) is 21.5. The van der Waals surface area contributed by atoms with Gasteiger partial charge in [0.2, 0.25) is 10.0 Å². The Kier molecular flexibility index (Phi) is 7.25. The van der Waals surface area contributed by atoms with Crippen LogP contribution in [0.4, 0.5) is 22.7 Å². The summed E-state index contributed by atoms with van der Waals surface area (Å²) in [5.41, 5.74) is 4.40. The van der Waals surface area contributed by atoms with E-state index in [0.717, 1.165) is 6.26 Å². The SMILES string of the molecule is COc1cc(NS(C)(=O)=O)c(-c2cc3c4c(c(Nc5ccc([N+](=O)[O-])cc5)cc(OC)c4n2)C(=O)c2ccccc2-3)cc1OC. The van der Waals surface area contributed by atoms with Gasteiger partial charge in [0.1, 0.15) is 11.3 Å². The van der Waals surface area contributed by atoms with Crippen LogP contribution in [-0.4, -0.2) is 51.7 Å². The molecule has 0 amide bonds. The van der Waals surface area contributed by atoms with Crippen molar-refractivity contribution in [1.29, 1.82) is 0 Å². The van der Waals surface area contributed by atoms with Crippen LogP contribution < -0.4 is 24.2 Å². The van der Waals surface area contributed by atoms with Crippen LogP contribution in [-0.2, 0) is 10.0 Å². The van der Waals surface area contributed by atoms with Gasteiger partial charge in [0.15, 0.2) is 17.3 Å². The molecule has 13 heteroatoms. The van der Waals surface area contributed by atoms with Gasteiger partial charge in [-0.2, -0.15) is 0 Å². The van der Waals surface area contributed by atoms with E-state index < -0.39 is 14.9 Å². The number of carbonyl (C=O) groups excluding carboxylic acids is 1. The summed E-state index contributed by atoms with van der Waals surface area (Å²) in [6, 6.07) is 19.6. The lowest BCUT2D eigenvalue weighted by atomic mass is 9.82. The fourth-order valence-electron chi connectivity index (χ4n) is 5.47. The first-order valence-electron chi connectivity index (χ1n) is 13.5. The molecule has 6 rings (SSSR count).